The van der Waals surface area contributed by atoms with Crippen LogP contribution < -0.4 is 5.32 Å². The molecule has 3 nitrogen and oxygen atoms in total. The Morgan fingerprint density at radius 1 is 1.28 bits per heavy atom. The summed E-state index contributed by atoms with van der Waals surface area (Å²) in [7, 11) is 0. The molecule has 0 aliphatic rings. The van der Waals surface area contributed by atoms with Gasteiger partial charge in [-0.25, -0.2) is 0 Å². The Labute approximate surface area is 107 Å². The molecule has 0 amide bonds. The van der Waals surface area contributed by atoms with Crippen molar-refractivity contribution in [2.75, 3.05) is 6.54 Å². The SMILES string of the molecule is CCNCc1ccccc1-c1cncc(C#N)c1. The zero-order valence-corrected chi connectivity index (χ0v) is 10.4. The molecule has 1 aromatic carbocycles. The molecule has 0 radical (unpaired) electrons. The largest absolute Gasteiger partial charge is 0.313 e. The quantitative estimate of drug-likeness (QED) is 0.889. The van der Waals surface area contributed by atoms with Crippen LogP contribution in [0.2, 0.25) is 0 Å². The Morgan fingerprint density at radius 2 is 2.11 bits per heavy atom. The monoisotopic (exact) mass is 237 g/mol. The fourth-order valence-electron chi connectivity index (χ4n) is 1.86. The number of pyridine rings is 1. The molecule has 0 saturated carbocycles. The summed E-state index contributed by atoms with van der Waals surface area (Å²) in [5.74, 6) is 0. The standard InChI is InChI=1S/C15H15N3/c1-2-17-10-13-5-3-4-6-15(13)14-7-12(8-16)9-18-11-14/h3-7,9,11,17H,2,10H2,1H3. The molecule has 3 heteroatoms. The van der Waals surface area contributed by atoms with Crippen molar-refractivity contribution in [3.05, 3.63) is 53.9 Å². The van der Waals surface area contributed by atoms with Crippen molar-refractivity contribution in [1.29, 1.82) is 5.26 Å². The number of aromatic nitrogens is 1. The molecule has 90 valence electrons. The van der Waals surface area contributed by atoms with Crippen molar-refractivity contribution < 1.29 is 0 Å². The molecule has 0 aliphatic carbocycles. The first-order valence-electron chi connectivity index (χ1n) is 5.99. The maximum absolute atomic E-state index is 8.92. The highest BCUT2D eigenvalue weighted by atomic mass is 14.8. The van der Waals surface area contributed by atoms with Crippen LogP contribution in [0.4, 0.5) is 0 Å². The summed E-state index contributed by atoms with van der Waals surface area (Å²) in [5.41, 5.74) is 3.92. The van der Waals surface area contributed by atoms with Crippen LogP contribution in [0.25, 0.3) is 11.1 Å². The maximum atomic E-state index is 8.92. The van der Waals surface area contributed by atoms with E-state index in [0.717, 1.165) is 24.2 Å². The van der Waals surface area contributed by atoms with E-state index in [1.807, 2.05) is 18.2 Å². The van der Waals surface area contributed by atoms with E-state index in [9.17, 15) is 0 Å². The van der Waals surface area contributed by atoms with E-state index >= 15 is 0 Å². The lowest BCUT2D eigenvalue weighted by Gasteiger charge is -2.09. The van der Waals surface area contributed by atoms with Crippen LogP contribution in [0, 0.1) is 11.3 Å². The van der Waals surface area contributed by atoms with Gasteiger partial charge in [-0.3, -0.25) is 4.98 Å². The van der Waals surface area contributed by atoms with Gasteiger partial charge >= 0.3 is 0 Å². The van der Waals surface area contributed by atoms with Crippen LogP contribution in [-0.2, 0) is 6.54 Å². The van der Waals surface area contributed by atoms with E-state index in [1.54, 1.807) is 12.4 Å². The molecule has 0 saturated heterocycles. The number of hydrogen-bond donors (Lipinski definition) is 1. The van der Waals surface area contributed by atoms with Crippen LogP contribution in [-0.4, -0.2) is 11.5 Å². The third-order valence-corrected chi connectivity index (χ3v) is 2.76. The van der Waals surface area contributed by atoms with Gasteiger partial charge < -0.3 is 5.32 Å². The van der Waals surface area contributed by atoms with Crippen molar-refractivity contribution in [3.8, 4) is 17.2 Å². The van der Waals surface area contributed by atoms with E-state index in [-0.39, 0.29) is 0 Å². The van der Waals surface area contributed by atoms with Gasteiger partial charge in [-0.2, -0.15) is 5.26 Å². The normalized spacial score (nSPS) is 10.0. The highest BCUT2D eigenvalue weighted by molar-refractivity contribution is 5.67. The van der Waals surface area contributed by atoms with E-state index < -0.39 is 0 Å². The van der Waals surface area contributed by atoms with Crippen LogP contribution in [0.15, 0.2) is 42.7 Å². The van der Waals surface area contributed by atoms with E-state index in [2.05, 4.69) is 35.4 Å². The van der Waals surface area contributed by atoms with Crippen molar-refractivity contribution >= 4 is 0 Å². The number of rotatable bonds is 4. The van der Waals surface area contributed by atoms with Gasteiger partial charge in [0.25, 0.3) is 0 Å². The highest BCUT2D eigenvalue weighted by Crippen LogP contribution is 2.23. The summed E-state index contributed by atoms with van der Waals surface area (Å²) in [6, 6.07) is 12.2. The summed E-state index contributed by atoms with van der Waals surface area (Å²) in [5, 5.41) is 12.2. The Hall–Kier alpha value is -2.18. The number of nitrogens with zero attached hydrogens (tertiary/aromatic N) is 2. The fourth-order valence-corrected chi connectivity index (χ4v) is 1.86. The van der Waals surface area contributed by atoms with Gasteiger partial charge in [-0.15, -0.1) is 0 Å². The lowest BCUT2D eigenvalue weighted by molar-refractivity contribution is 0.728. The van der Waals surface area contributed by atoms with Gasteiger partial charge in [0.05, 0.1) is 5.56 Å². The van der Waals surface area contributed by atoms with Crippen LogP contribution in [0.5, 0.6) is 0 Å². The number of benzene rings is 1. The topological polar surface area (TPSA) is 48.7 Å². The Balaban J connectivity index is 2.40. The van der Waals surface area contributed by atoms with E-state index in [4.69, 9.17) is 5.26 Å². The molecule has 1 heterocycles. The van der Waals surface area contributed by atoms with E-state index in [1.165, 1.54) is 5.56 Å². The van der Waals surface area contributed by atoms with Crippen LogP contribution in [0.3, 0.4) is 0 Å². The molecule has 2 aromatic rings. The Kier molecular flexibility index (Phi) is 4.06. The van der Waals surface area contributed by atoms with Crippen molar-refractivity contribution in [2.24, 2.45) is 0 Å². The Bertz CT molecular complexity index is 570. The lowest BCUT2D eigenvalue weighted by atomic mass is 10.00. The molecule has 2 rings (SSSR count). The summed E-state index contributed by atoms with van der Waals surface area (Å²) in [4.78, 5) is 4.11. The molecule has 1 N–H and O–H groups in total. The summed E-state index contributed by atoms with van der Waals surface area (Å²) >= 11 is 0. The second-order valence-corrected chi connectivity index (χ2v) is 4.01. The smallest absolute Gasteiger partial charge is 0.101 e. The second-order valence-electron chi connectivity index (χ2n) is 4.01. The van der Waals surface area contributed by atoms with Crippen molar-refractivity contribution in [3.63, 3.8) is 0 Å². The Morgan fingerprint density at radius 3 is 2.89 bits per heavy atom. The molecular weight excluding hydrogens is 222 g/mol. The fraction of sp³-hybridized carbons (Fsp3) is 0.200. The maximum Gasteiger partial charge on any atom is 0.101 e. The lowest BCUT2D eigenvalue weighted by Crippen LogP contribution is -2.12. The van der Waals surface area contributed by atoms with Gasteiger partial charge in [0, 0.05) is 24.5 Å². The first kappa shape index (κ1) is 12.3. The molecule has 0 atom stereocenters. The number of nitrogens with one attached hydrogen (secondary N) is 1. The number of hydrogen-bond acceptors (Lipinski definition) is 3. The van der Waals surface area contributed by atoms with Crippen LogP contribution >= 0.6 is 0 Å². The molecule has 0 fully saturated rings. The molecule has 0 spiro atoms. The molecule has 0 unspecified atom stereocenters. The molecule has 0 bridgehead atoms. The summed E-state index contributed by atoms with van der Waals surface area (Å²) in [6.45, 7) is 3.84. The first-order valence-corrected chi connectivity index (χ1v) is 5.99. The van der Waals surface area contributed by atoms with Crippen molar-refractivity contribution in [1.82, 2.24) is 10.3 Å². The van der Waals surface area contributed by atoms with Gasteiger partial charge in [0.15, 0.2) is 0 Å². The zero-order chi connectivity index (χ0) is 12.8. The second kappa shape index (κ2) is 5.95. The molecule has 0 aliphatic heterocycles. The number of nitriles is 1. The first-order chi connectivity index (χ1) is 8.85. The predicted molar refractivity (Wildman–Crippen MR) is 71.8 cm³/mol. The predicted octanol–water partition coefficient (Wildman–Crippen LogP) is 2.73. The summed E-state index contributed by atoms with van der Waals surface area (Å²) < 4.78 is 0. The minimum Gasteiger partial charge on any atom is -0.313 e. The van der Waals surface area contributed by atoms with E-state index in [0.29, 0.717) is 5.56 Å². The summed E-state index contributed by atoms with van der Waals surface area (Å²) in [6.07, 6.45) is 3.38. The van der Waals surface area contributed by atoms with Gasteiger partial charge in [-0.05, 0) is 23.7 Å². The minimum absolute atomic E-state index is 0.589. The van der Waals surface area contributed by atoms with Crippen LogP contribution in [0.1, 0.15) is 18.1 Å². The van der Waals surface area contributed by atoms with Gasteiger partial charge in [0.2, 0.25) is 0 Å². The van der Waals surface area contributed by atoms with Gasteiger partial charge in [-0.1, -0.05) is 31.2 Å². The average molecular weight is 237 g/mol. The van der Waals surface area contributed by atoms with Gasteiger partial charge in [0.1, 0.15) is 6.07 Å². The third kappa shape index (κ3) is 2.73. The zero-order valence-electron chi connectivity index (χ0n) is 10.4. The molecular formula is C15H15N3. The third-order valence-electron chi connectivity index (χ3n) is 2.76. The van der Waals surface area contributed by atoms with Crippen molar-refractivity contribution in [2.45, 2.75) is 13.5 Å². The highest BCUT2D eigenvalue weighted by Gasteiger charge is 2.05. The minimum atomic E-state index is 0.589. The molecule has 18 heavy (non-hydrogen) atoms. The molecule has 1 aromatic heterocycles. The average Bonchev–Trinajstić information content (AvgIpc) is 2.45.